The average molecular weight is 304 g/mol. The molecule has 21 heavy (non-hydrogen) atoms. The van der Waals surface area contributed by atoms with Gasteiger partial charge in [0.15, 0.2) is 0 Å². The van der Waals surface area contributed by atoms with Crippen molar-refractivity contribution in [2.75, 3.05) is 12.4 Å². The van der Waals surface area contributed by atoms with Crippen LogP contribution in [0, 0.1) is 5.82 Å². The molecule has 1 aliphatic heterocycles. The third-order valence-corrected chi connectivity index (χ3v) is 3.49. The minimum Gasteiger partial charge on any atom is -0.496 e. The van der Waals surface area contributed by atoms with E-state index >= 15 is 0 Å². The number of methoxy groups -OCH3 is 1. The van der Waals surface area contributed by atoms with Crippen LogP contribution >= 0.6 is 11.6 Å². The molecule has 3 rings (SSSR count). The van der Waals surface area contributed by atoms with Crippen LogP contribution in [-0.2, 0) is 4.79 Å². The molecule has 0 spiro atoms. The van der Waals surface area contributed by atoms with E-state index in [0.29, 0.717) is 27.6 Å². The van der Waals surface area contributed by atoms with Crippen LogP contribution in [0.15, 0.2) is 36.4 Å². The lowest BCUT2D eigenvalue weighted by atomic mass is 10.0. The Morgan fingerprint density at radius 2 is 2.05 bits per heavy atom. The molecule has 2 aromatic carbocycles. The van der Waals surface area contributed by atoms with Crippen molar-refractivity contribution in [2.45, 2.75) is 0 Å². The van der Waals surface area contributed by atoms with Crippen LogP contribution in [0.2, 0.25) is 5.02 Å². The third kappa shape index (κ3) is 2.50. The Bertz CT molecular complexity index is 771. The number of hydrogen-bond donors (Lipinski definition) is 1. The minimum atomic E-state index is -0.391. The number of anilines is 1. The van der Waals surface area contributed by atoms with Gasteiger partial charge in [0.2, 0.25) is 0 Å². The average Bonchev–Trinajstić information content (AvgIpc) is 2.74. The number of hydrogen-bond acceptors (Lipinski definition) is 2. The molecule has 1 N–H and O–H groups in total. The highest BCUT2D eigenvalue weighted by atomic mass is 35.5. The summed E-state index contributed by atoms with van der Waals surface area (Å²) in [4.78, 5) is 12.1. The summed E-state index contributed by atoms with van der Waals surface area (Å²) in [5.74, 6) is -0.143. The largest absolute Gasteiger partial charge is 0.496 e. The molecule has 1 aliphatic rings. The van der Waals surface area contributed by atoms with E-state index in [9.17, 15) is 9.18 Å². The molecule has 1 heterocycles. The Morgan fingerprint density at radius 3 is 2.81 bits per heavy atom. The van der Waals surface area contributed by atoms with Gasteiger partial charge in [0, 0.05) is 21.7 Å². The molecule has 0 fully saturated rings. The minimum absolute atomic E-state index is 0.251. The molecule has 106 valence electrons. The molecule has 5 heteroatoms. The summed E-state index contributed by atoms with van der Waals surface area (Å²) in [5.41, 5.74) is 2.33. The SMILES string of the molecule is COc1ccc(F)cc1/C=C1/C(=O)Nc2cc(Cl)ccc21. The fraction of sp³-hybridized carbons (Fsp3) is 0.0625. The van der Waals surface area contributed by atoms with Crippen LogP contribution in [0.3, 0.4) is 0 Å². The van der Waals surface area contributed by atoms with Crippen LogP contribution in [0.1, 0.15) is 11.1 Å². The van der Waals surface area contributed by atoms with Crippen molar-refractivity contribution in [3.63, 3.8) is 0 Å². The Kier molecular flexibility index (Phi) is 3.39. The quantitative estimate of drug-likeness (QED) is 0.852. The zero-order chi connectivity index (χ0) is 15.0. The number of ether oxygens (including phenoxy) is 1. The molecule has 0 aromatic heterocycles. The van der Waals surface area contributed by atoms with E-state index in [-0.39, 0.29) is 5.91 Å². The number of benzene rings is 2. The normalized spacial score (nSPS) is 15.0. The van der Waals surface area contributed by atoms with E-state index in [4.69, 9.17) is 16.3 Å². The summed E-state index contributed by atoms with van der Waals surface area (Å²) < 4.78 is 18.6. The van der Waals surface area contributed by atoms with Crippen molar-refractivity contribution in [2.24, 2.45) is 0 Å². The topological polar surface area (TPSA) is 38.3 Å². The predicted octanol–water partition coefficient (Wildman–Crippen LogP) is 3.98. The van der Waals surface area contributed by atoms with E-state index < -0.39 is 5.82 Å². The second kappa shape index (κ2) is 5.22. The second-order valence-corrected chi connectivity index (χ2v) is 5.02. The number of halogens is 2. The summed E-state index contributed by atoms with van der Waals surface area (Å²) in [6.45, 7) is 0. The summed E-state index contributed by atoms with van der Waals surface area (Å²) in [6, 6.07) is 9.30. The van der Waals surface area contributed by atoms with Gasteiger partial charge in [-0.1, -0.05) is 17.7 Å². The van der Waals surface area contributed by atoms with Gasteiger partial charge in [-0.25, -0.2) is 4.39 Å². The fourth-order valence-corrected chi connectivity index (χ4v) is 2.46. The first kappa shape index (κ1) is 13.6. The molecule has 3 nitrogen and oxygen atoms in total. The lowest BCUT2D eigenvalue weighted by Crippen LogP contribution is -2.03. The monoisotopic (exact) mass is 303 g/mol. The first-order valence-electron chi connectivity index (χ1n) is 6.25. The van der Waals surface area contributed by atoms with Crippen LogP contribution < -0.4 is 10.1 Å². The Balaban J connectivity index is 2.13. The van der Waals surface area contributed by atoms with Crippen LogP contribution in [0.4, 0.5) is 10.1 Å². The number of carbonyl (C=O) groups excluding carboxylic acids is 1. The van der Waals surface area contributed by atoms with Gasteiger partial charge in [0.1, 0.15) is 11.6 Å². The van der Waals surface area contributed by atoms with Gasteiger partial charge in [-0.3, -0.25) is 4.79 Å². The Hall–Kier alpha value is -2.33. The van der Waals surface area contributed by atoms with E-state index in [2.05, 4.69) is 5.32 Å². The molecule has 0 radical (unpaired) electrons. The summed E-state index contributed by atoms with van der Waals surface area (Å²) in [5, 5.41) is 3.27. The fourth-order valence-electron chi connectivity index (χ4n) is 2.28. The van der Waals surface area contributed by atoms with E-state index in [1.54, 1.807) is 24.3 Å². The first-order chi connectivity index (χ1) is 10.1. The van der Waals surface area contributed by atoms with Crippen molar-refractivity contribution in [1.29, 1.82) is 0 Å². The molecule has 0 saturated carbocycles. The molecule has 1 amide bonds. The van der Waals surface area contributed by atoms with E-state index in [1.165, 1.54) is 25.3 Å². The molecule has 2 aromatic rings. The standard InChI is InChI=1S/C16H11ClFNO2/c1-21-15-5-3-11(18)6-9(15)7-13-12-4-2-10(17)8-14(12)19-16(13)20/h2-8H,1H3,(H,19,20)/b13-7+. The molecule has 0 saturated heterocycles. The highest BCUT2D eigenvalue weighted by molar-refractivity contribution is 6.36. The van der Waals surface area contributed by atoms with Crippen LogP contribution in [0.5, 0.6) is 5.75 Å². The number of amides is 1. The number of carbonyl (C=O) groups is 1. The molecular weight excluding hydrogens is 293 g/mol. The number of fused-ring (bicyclic) bond motifs is 1. The maximum atomic E-state index is 13.4. The second-order valence-electron chi connectivity index (χ2n) is 4.59. The van der Waals surface area contributed by atoms with Gasteiger partial charge in [-0.2, -0.15) is 0 Å². The van der Waals surface area contributed by atoms with Crippen molar-refractivity contribution in [1.82, 2.24) is 0 Å². The first-order valence-corrected chi connectivity index (χ1v) is 6.63. The zero-order valence-electron chi connectivity index (χ0n) is 11.1. The van der Waals surface area contributed by atoms with Crippen molar-refractivity contribution >= 4 is 34.8 Å². The number of nitrogens with one attached hydrogen (secondary N) is 1. The maximum absolute atomic E-state index is 13.4. The van der Waals surface area contributed by atoms with Crippen molar-refractivity contribution < 1.29 is 13.9 Å². The summed E-state index contributed by atoms with van der Waals surface area (Å²) in [6.07, 6.45) is 1.61. The summed E-state index contributed by atoms with van der Waals surface area (Å²) in [7, 11) is 1.50. The van der Waals surface area contributed by atoms with Gasteiger partial charge in [-0.05, 0) is 36.4 Å². The lowest BCUT2D eigenvalue weighted by molar-refractivity contribution is -0.110. The smallest absolute Gasteiger partial charge is 0.256 e. The highest BCUT2D eigenvalue weighted by Gasteiger charge is 2.24. The molecule has 0 atom stereocenters. The van der Waals surface area contributed by atoms with Crippen LogP contribution in [0.25, 0.3) is 11.6 Å². The van der Waals surface area contributed by atoms with Crippen molar-refractivity contribution in [3.8, 4) is 5.75 Å². The van der Waals surface area contributed by atoms with Gasteiger partial charge >= 0.3 is 0 Å². The van der Waals surface area contributed by atoms with Crippen LogP contribution in [-0.4, -0.2) is 13.0 Å². The molecule has 0 aliphatic carbocycles. The zero-order valence-corrected chi connectivity index (χ0v) is 11.9. The Labute approximate surface area is 126 Å². The third-order valence-electron chi connectivity index (χ3n) is 3.26. The number of rotatable bonds is 2. The predicted molar refractivity (Wildman–Crippen MR) is 80.9 cm³/mol. The lowest BCUT2D eigenvalue weighted by Gasteiger charge is -2.05. The molecule has 0 unspecified atom stereocenters. The van der Waals surface area contributed by atoms with Crippen molar-refractivity contribution in [3.05, 3.63) is 58.4 Å². The van der Waals surface area contributed by atoms with Gasteiger partial charge in [-0.15, -0.1) is 0 Å². The molecule has 0 bridgehead atoms. The van der Waals surface area contributed by atoms with Gasteiger partial charge in [0.05, 0.1) is 12.8 Å². The van der Waals surface area contributed by atoms with E-state index in [1.807, 2.05) is 0 Å². The maximum Gasteiger partial charge on any atom is 0.256 e. The van der Waals surface area contributed by atoms with E-state index in [0.717, 1.165) is 5.56 Å². The highest BCUT2D eigenvalue weighted by Crippen LogP contribution is 2.36. The van der Waals surface area contributed by atoms with Gasteiger partial charge in [0.25, 0.3) is 5.91 Å². The molecular formula is C16H11ClFNO2. The Morgan fingerprint density at radius 1 is 1.24 bits per heavy atom. The summed E-state index contributed by atoms with van der Waals surface area (Å²) >= 11 is 5.91. The van der Waals surface area contributed by atoms with Gasteiger partial charge < -0.3 is 10.1 Å².